The molecule has 0 radical (unpaired) electrons. The molecule has 0 aliphatic rings. The Morgan fingerprint density at radius 2 is 1.65 bits per heavy atom. The van der Waals surface area contributed by atoms with Gasteiger partial charge in [-0.3, -0.25) is 4.57 Å². The van der Waals surface area contributed by atoms with Gasteiger partial charge in [-0.2, -0.15) is 0 Å². The fraction of sp³-hybridized carbons (Fsp3) is 0.571. The van der Waals surface area contributed by atoms with Crippen molar-refractivity contribution in [1.29, 1.82) is 0 Å². The van der Waals surface area contributed by atoms with E-state index in [1.54, 1.807) is 0 Å². The van der Waals surface area contributed by atoms with Crippen LogP contribution in [0.3, 0.4) is 0 Å². The third-order valence-electron chi connectivity index (χ3n) is 2.37. The van der Waals surface area contributed by atoms with Crippen LogP contribution in [0.5, 0.6) is 0 Å². The molecule has 1 aromatic carbocycles. The van der Waals surface area contributed by atoms with Crippen LogP contribution < -0.4 is 5.30 Å². The van der Waals surface area contributed by atoms with Gasteiger partial charge < -0.3 is 4.52 Å². The van der Waals surface area contributed by atoms with Gasteiger partial charge in [0.2, 0.25) is 7.37 Å². The minimum atomic E-state index is -2.68. The first-order valence-corrected chi connectivity index (χ1v) is 8.04. The second-order valence-corrected chi connectivity index (χ2v) is 7.76. The average molecular weight is 254 g/mol. The Bertz CT molecular complexity index is 371. The maximum absolute atomic E-state index is 12.9. The van der Waals surface area contributed by atoms with Crippen LogP contribution in [-0.4, -0.2) is 12.8 Å². The van der Waals surface area contributed by atoms with E-state index in [2.05, 4.69) is 27.7 Å². The Balaban J connectivity index is 2.90. The molecule has 0 saturated carbocycles. The van der Waals surface area contributed by atoms with Gasteiger partial charge in [-0.15, -0.1) is 0 Å². The molecule has 1 atom stereocenters. The van der Waals surface area contributed by atoms with Crippen molar-refractivity contribution in [2.75, 3.05) is 12.8 Å². The molecule has 1 rings (SSSR count). The van der Waals surface area contributed by atoms with Gasteiger partial charge in [0, 0.05) is 11.5 Å². The van der Waals surface area contributed by atoms with Gasteiger partial charge in [0.1, 0.15) is 0 Å². The van der Waals surface area contributed by atoms with Crippen LogP contribution in [0.15, 0.2) is 30.3 Å². The van der Waals surface area contributed by atoms with Crippen LogP contribution in [0.4, 0.5) is 0 Å². The lowest BCUT2D eigenvalue weighted by Gasteiger charge is -2.21. The molecule has 17 heavy (non-hydrogen) atoms. The maximum atomic E-state index is 12.9. The summed E-state index contributed by atoms with van der Waals surface area (Å²) >= 11 is 0. The van der Waals surface area contributed by atoms with Gasteiger partial charge in [-0.25, -0.2) is 0 Å². The molecule has 0 saturated heterocycles. The van der Waals surface area contributed by atoms with Gasteiger partial charge in [0.15, 0.2) is 0 Å². The minimum absolute atomic E-state index is 0.369. The summed E-state index contributed by atoms with van der Waals surface area (Å²) in [5, 5.41) is 0.842. The number of benzene rings is 1. The van der Waals surface area contributed by atoms with E-state index in [1.807, 2.05) is 30.3 Å². The minimum Gasteiger partial charge on any atom is -0.325 e. The van der Waals surface area contributed by atoms with Gasteiger partial charge in [-0.1, -0.05) is 45.9 Å². The molecular weight excluding hydrogens is 231 g/mol. The van der Waals surface area contributed by atoms with E-state index in [9.17, 15) is 4.57 Å². The third-order valence-corrected chi connectivity index (χ3v) is 5.23. The van der Waals surface area contributed by atoms with E-state index >= 15 is 0 Å². The smallest absolute Gasteiger partial charge is 0.232 e. The van der Waals surface area contributed by atoms with Crippen LogP contribution in [-0.2, 0) is 9.09 Å². The predicted octanol–water partition coefficient (Wildman–Crippen LogP) is 3.92. The van der Waals surface area contributed by atoms with Gasteiger partial charge in [-0.05, 0) is 24.0 Å². The topological polar surface area (TPSA) is 26.3 Å². The van der Waals surface area contributed by atoms with Crippen molar-refractivity contribution in [3.8, 4) is 0 Å². The Morgan fingerprint density at radius 1 is 1.06 bits per heavy atom. The maximum Gasteiger partial charge on any atom is 0.232 e. The monoisotopic (exact) mass is 254 g/mol. The van der Waals surface area contributed by atoms with E-state index in [0.29, 0.717) is 24.6 Å². The van der Waals surface area contributed by atoms with E-state index in [-0.39, 0.29) is 0 Å². The van der Waals surface area contributed by atoms with Crippen molar-refractivity contribution in [1.82, 2.24) is 0 Å². The fourth-order valence-electron chi connectivity index (χ4n) is 1.64. The summed E-state index contributed by atoms with van der Waals surface area (Å²) in [4.78, 5) is 0. The molecule has 3 heteroatoms. The quantitative estimate of drug-likeness (QED) is 0.719. The van der Waals surface area contributed by atoms with Crippen molar-refractivity contribution in [2.24, 2.45) is 11.8 Å². The summed E-state index contributed by atoms with van der Waals surface area (Å²) in [5.74, 6) is 0.771. The van der Waals surface area contributed by atoms with Gasteiger partial charge >= 0.3 is 0 Å². The molecule has 0 aromatic heterocycles. The Hall–Kier alpha value is -0.590. The summed E-state index contributed by atoms with van der Waals surface area (Å²) in [7, 11) is -2.68. The number of hydrogen-bond acceptors (Lipinski definition) is 2. The molecule has 0 spiro atoms. The molecule has 0 bridgehead atoms. The first-order valence-electron chi connectivity index (χ1n) is 6.23. The van der Waals surface area contributed by atoms with Crippen molar-refractivity contribution >= 4 is 12.7 Å². The standard InChI is InChI=1S/C14H23O2P/c1-12(2)10-16-17(15,11-13(3)4)14-8-6-5-7-9-14/h5-9,12-13H,10-11H2,1-4H3. The molecular formula is C14H23O2P. The van der Waals surface area contributed by atoms with E-state index < -0.39 is 7.37 Å². The van der Waals surface area contributed by atoms with Gasteiger partial charge in [0.25, 0.3) is 0 Å². The molecule has 0 heterocycles. The second kappa shape index (κ2) is 6.37. The van der Waals surface area contributed by atoms with Crippen LogP contribution in [0.1, 0.15) is 27.7 Å². The highest BCUT2D eigenvalue weighted by atomic mass is 31.2. The number of rotatable bonds is 6. The lowest BCUT2D eigenvalue weighted by atomic mass is 10.2. The first-order chi connectivity index (χ1) is 7.94. The highest BCUT2D eigenvalue weighted by Gasteiger charge is 2.27. The van der Waals surface area contributed by atoms with E-state index in [1.165, 1.54) is 0 Å². The molecule has 1 unspecified atom stereocenters. The van der Waals surface area contributed by atoms with Crippen LogP contribution >= 0.6 is 7.37 Å². The molecule has 0 N–H and O–H groups in total. The molecule has 0 aliphatic heterocycles. The summed E-state index contributed by atoms with van der Waals surface area (Å²) in [6, 6.07) is 9.58. The van der Waals surface area contributed by atoms with E-state index in [0.717, 1.165) is 5.30 Å². The molecule has 96 valence electrons. The predicted molar refractivity (Wildman–Crippen MR) is 74.2 cm³/mol. The van der Waals surface area contributed by atoms with E-state index in [4.69, 9.17) is 4.52 Å². The number of hydrogen-bond donors (Lipinski definition) is 0. The highest BCUT2D eigenvalue weighted by molar-refractivity contribution is 7.67. The Kier molecular flexibility index (Phi) is 5.42. The van der Waals surface area contributed by atoms with Crippen molar-refractivity contribution in [3.05, 3.63) is 30.3 Å². The summed E-state index contributed by atoms with van der Waals surface area (Å²) in [6.45, 7) is 8.86. The summed E-state index contributed by atoms with van der Waals surface area (Å²) in [5.41, 5.74) is 0. The molecule has 0 fully saturated rings. The van der Waals surface area contributed by atoms with Crippen LogP contribution in [0.25, 0.3) is 0 Å². The van der Waals surface area contributed by atoms with Crippen molar-refractivity contribution < 1.29 is 9.09 Å². The lowest BCUT2D eigenvalue weighted by Crippen LogP contribution is -2.15. The summed E-state index contributed by atoms with van der Waals surface area (Å²) in [6.07, 6.45) is 0.615. The first kappa shape index (κ1) is 14.5. The van der Waals surface area contributed by atoms with Crippen molar-refractivity contribution in [2.45, 2.75) is 27.7 Å². The molecule has 0 aliphatic carbocycles. The van der Waals surface area contributed by atoms with Crippen molar-refractivity contribution in [3.63, 3.8) is 0 Å². The SMILES string of the molecule is CC(C)COP(=O)(CC(C)C)c1ccccc1. The van der Waals surface area contributed by atoms with Crippen LogP contribution in [0.2, 0.25) is 0 Å². The molecule has 2 nitrogen and oxygen atoms in total. The third kappa shape index (κ3) is 4.65. The zero-order valence-corrected chi connectivity index (χ0v) is 12.1. The normalized spacial score (nSPS) is 15.2. The zero-order chi connectivity index (χ0) is 12.9. The summed E-state index contributed by atoms with van der Waals surface area (Å²) < 4.78 is 18.7. The zero-order valence-electron chi connectivity index (χ0n) is 11.2. The Morgan fingerprint density at radius 3 is 2.12 bits per heavy atom. The van der Waals surface area contributed by atoms with Gasteiger partial charge in [0.05, 0.1) is 6.61 Å². The fourth-order valence-corrected chi connectivity index (χ4v) is 4.23. The molecule has 1 aromatic rings. The second-order valence-electron chi connectivity index (χ2n) is 5.28. The lowest BCUT2D eigenvalue weighted by molar-refractivity contribution is 0.274. The highest BCUT2D eigenvalue weighted by Crippen LogP contribution is 2.47. The largest absolute Gasteiger partial charge is 0.325 e. The van der Waals surface area contributed by atoms with Crippen LogP contribution in [0, 0.1) is 11.8 Å². The Labute approximate surface area is 105 Å². The average Bonchev–Trinajstić information content (AvgIpc) is 2.27. The molecule has 0 amide bonds.